The molecule has 0 radical (unpaired) electrons. The Hall–Kier alpha value is -1.60. The molecule has 6 nitrogen and oxygen atoms in total. The molecule has 7 heteroatoms. The number of sulfonamides is 1. The van der Waals surface area contributed by atoms with Crippen LogP contribution in [0.4, 0.5) is 4.79 Å². The fourth-order valence-corrected chi connectivity index (χ4v) is 6.64. The number of amides is 2. The first kappa shape index (κ1) is 22.1. The van der Waals surface area contributed by atoms with Gasteiger partial charge in [-0.05, 0) is 75.6 Å². The lowest BCUT2D eigenvalue weighted by Gasteiger charge is -2.33. The highest BCUT2D eigenvalue weighted by Crippen LogP contribution is 2.30. The Kier molecular flexibility index (Phi) is 6.89. The van der Waals surface area contributed by atoms with E-state index in [0.717, 1.165) is 35.1 Å². The number of benzene rings is 1. The summed E-state index contributed by atoms with van der Waals surface area (Å²) in [6.45, 7) is 8.56. The quantitative estimate of drug-likeness (QED) is 0.778. The van der Waals surface area contributed by atoms with Gasteiger partial charge in [0.15, 0.2) is 0 Å². The molecule has 1 saturated carbocycles. The van der Waals surface area contributed by atoms with E-state index in [2.05, 4.69) is 10.6 Å². The summed E-state index contributed by atoms with van der Waals surface area (Å²) in [5.74, 6) is 0. The smallest absolute Gasteiger partial charge is 0.315 e. The Bertz CT molecular complexity index is 826. The van der Waals surface area contributed by atoms with Crippen molar-refractivity contribution < 1.29 is 13.2 Å². The number of hydrogen-bond acceptors (Lipinski definition) is 3. The van der Waals surface area contributed by atoms with Crippen LogP contribution in [0.25, 0.3) is 0 Å². The fourth-order valence-electron chi connectivity index (χ4n) is 4.60. The first-order valence-electron chi connectivity index (χ1n) is 10.8. The predicted octanol–water partition coefficient (Wildman–Crippen LogP) is 3.71. The van der Waals surface area contributed by atoms with Crippen molar-refractivity contribution in [2.45, 2.75) is 89.6 Å². The molecule has 29 heavy (non-hydrogen) atoms. The summed E-state index contributed by atoms with van der Waals surface area (Å²) in [6.07, 6.45) is 7.00. The second-order valence-corrected chi connectivity index (χ2v) is 10.6. The van der Waals surface area contributed by atoms with E-state index in [1.807, 2.05) is 33.8 Å². The number of carbonyl (C=O) groups is 1. The molecule has 2 N–H and O–H groups in total. The van der Waals surface area contributed by atoms with Gasteiger partial charge in [-0.1, -0.05) is 25.3 Å². The molecule has 1 aromatic rings. The van der Waals surface area contributed by atoms with Crippen LogP contribution in [0, 0.1) is 27.7 Å². The van der Waals surface area contributed by atoms with Crippen LogP contribution >= 0.6 is 0 Å². The Labute approximate surface area is 175 Å². The molecular formula is C22H35N3O3S. The largest absolute Gasteiger partial charge is 0.335 e. The van der Waals surface area contributed by atoms with Crippen LogP contribution in [-0.4, -0.2) is 43.9 Å². The summed E-state index contributed by atoms with van der Waals surface area (Å²) in [4.78, 5) is 12.7. The van der Waals surface area contributed by atoms with Crippen molar-refractivity contribution in [3.63, 3.8) is 0 Å². The molecule has 2 fully saturated rings. The normalized spacial score (nSPS) is 19.9. The van der Waals surface area contributed by atoms with Gasteiger partial charge in [0.05, 0.1) is 4.90 Å². The van der Waals surface area contributed by atoms with Crippen molar-refractivity contribution in [2.75, 3.05) is 13.1 Å². The molecule has 0 atom stereocenters. The maximum Gasteiger partial charge on any atom is 0.315 e. The summed E-state index contributed by atoms with van der Waals surface area (Å²) in [5.41, 5.74) is 3.67. The van der Waals surface area contributed by atoms with Crippen LogP contribution < -0.4 is 10.6 Å². The van der Waals surface area contributed by atoms with Gasteiger partial charge in [0, 0.05) is 25.2 Å². The highest BCUT2D eigenvalue weighted by Gasteiger charge is 2.33. The minimum atomic E-state index is -3.54. The SMILES string of the molecule is Cc1cc(C)c(C)c(S(=O)(=O)N2CCC(NC(=O)NC3CCCCC3)CC2)c1C. The van der Waals surface area contributed by atoms with Crippen molar-refractivity contribution >= 4 is 16.1 Å². The molecule has 0 aromatic heterocycles. The van der Waals surface area contributed by atoms with E-state index in [-0.39, 0.29) is 18.1 Å². The number of carbonyl (C=O) groups excluding carboxylic acids is 1. The Balaban J connectivity index is 1.61. The molecule has 1 aliphatic heterocycles. The maximum absolute atomic E-state index is 13.4. The first-order valence-corrected chi connectivity index (χ1v) is 12.3. The van der Waals surface area contributed by atoms with Crippen molar-refractivity contribution in [1.82, 2.24) is 14.9 Å². The number of aryl methyl sites for hydroxylation is 2. The third-order valence-electron chi connectivity index (χ3n) is 6.62. The Morgan fingerprint density at radius 2 is 1.34 bits per heavy atom. The van der Waals surface area contributed by atoms with Gasteiger partial charge in [-0.3, -0.25) is 0 Å². The van der Waals surface area contributed by atoms with Crippen LogP contribution in [0.2, 0.25) is 0 Å². The second kappa shape index (κ2) is 9.04. The molecular weight excluding hydrogens is 386 g/mol. The van der Waals surface area contributed by atoms with E-state index in [1.165, 1.54) is 19.3 Å². The third-order valence-corrected chi connectivity index (χ3v) is 8.80. The number of rotatable bonds is 4. The van der Waals surface area contributed by atoms with E-state index >= 15 is 0 Å². The monoisotopic (exact) mass is 421 g/mol. The van der Waals surface area contributed by atoms with Gasteiger partial charge >= 0.3 is 6.03 Å². The van der Waals surface area contributed by atoms with Gasteiger partial charge < -0.3 is 10.6 Å². The van der Waals surface area contributed by atoms with E-state index < -0.39 is 10.0 Å². The van der Waals surface area contributed by atoms with Gasteiger partial charge in [0.2, 0.25) is 10.0 Å². The van der Waals surface area contributed by atoms with E-state index in [1.54, 1.807) is 4.31 Å². The molecule has 1 aliphatic carbocycles. The van der Waals surface area contributed by atoms with Gasteiger partial charge in [-0.2, -0.15) is 4.31 Å². The lowest BCUT2D eigenvalue weighted by molar-refractivity contribution is 0.220. The third kappa shape index (κ3) is 4.94. The standard InChI is InChI=1S/C22H35N3O3S/c1-15-14-16(2)18(4)21(17(15)3)29(27,28)25-12-10-20(11-13-25)24-22(26)23-19-8-6-5-7-9-19/h14,19-20H,5-13H2,1-4H3,(H2,23,24,26). The number of hydrogen-bond donors (Lipinski definition) is 2. The highest BCUT2D eigenvalue weighted by molar-refractivity contribution is 7.89. The maximum atomic E-state index is 13.4. The average molecular weight is 422 g/mol. The minimum Gasteiger partial charge on any atom is -0.335 e. The van der Waals surface area contributed by atoms with Crippen LogP contribution in [0.15, 0.2) is 11.0 Å². The zero-order chi connectivity index (χ0) is 21.2. The molecule has 0 spiro atoms. The molecule has 1 heterocycles. The van der Waals surface area contributed by atoms with Gasteiger partial charge in [-0.25, -0.2) is 13.2 Å². The first-order chi connectivity index (χ1) is 13.7. The number of urea groups is 1. The number of nitrogens with zero attached hydrogens (tertiary/aromatic N) is 1. The second-order valence-electron chi connectivity index (χ2n) is 8.72. The zero-order valence-corrected chi connectivity index (χ0v) is 19.0. The average Bonchev–Trinajstić information content (AvgIpc) is 2.67. The van der Waals surface area contributed by atoms with Crippen LogP contribution in [0.1, 0.15) is 67.2 Å². The van der Waals surface area contributed by atoms with E-state index in [0.29, 0.717) is 30.8 Å². The summed E-state index contributed by atoms with van der Waals surface area (Å²) < 4.78 is 28.3. The minimum absolute atomic E-state index is 0.0199. The van der Waals surface area contributed by atoms with Crippen molar-refractivity contribution in [1.29, 1.82) is 0 Å². The van der Waals surface area contributed by atoms with Crippen molar-refractivity contribution in [2.24, 2.45) is 0 Å². The van der Waals surface area contributed by atoms with E-state index in [4.69, 9.17) is 0 Å². The summed E-state index contributed by atoms with van der Waals surface area (Å²) in [6, 6.07) is 2.23. The molecule has 162 valence electrons. The Morgan fingerprint density at radius 1 is 0.862 bits per heavy atom. The lowest BCUT2D eigenvalue weighted by atomic mass is 9.96. The number of nitrogens with one attached hydrogen (secondary N) is 2. The zero-order valence-electron chi connectivity index (χ0n) is 18.2. The summed E-state index contributed by atoms with van der Waals surface area (Å²) >= 11 is 0. The summed E-state index contributed by atoms with van der Waals surface area (Å²) in [7, 11) is -3.54. The molecule has 0 bridgehead atoms. The molecule has 2 amide bonds. The predicted molar refractivity (Wildman–Crippen MR) is 116 cm³/mol. The Morgan fingerprint density at radius 3 is 1.86 bits per heavy atom. The highest BCUT2D eigenvalue weighted by atomic mass is 32.2. The van der Waals surface area contributed by atoms with Gasteiger partial charge in [0.25, 0.3) is 0 Å². The molecule has 1 aromatic carbocycles. The van der Waals surface area contributed by atoms with Crippen LogP contribution in [-0.2, 0) is 10.0 Å². The summed E-state index contributed by atoms with van der Waals surface area (Å²) in [5, 5.41) is 6.13. The fraction of sp³-hybridized carbons (Fsp3) is 0.682. The van der Waals surface area contributed by atoms with Crippen molar-refractivity contribution in [3.8, 4) is 0 Å². The van der Waals surface area contributed by atoms with Crippen LogP contribution in [0.3, 0.4) is 0 Å². The topological polar surface area (TPSA) is 78.5 Å². The molecule has 0 unspecified atom stereocenters. The van der Waals surface area contributed by atoms with Crippen LogP contribution in [0.5, 0.6) is 0 Å². The molecule has 3 rings (SSSR count). The molecule has 2 aliphatic rings. The van der Waals surface area contributed by atoms with E-state index in [9.17, 15) is 13.2 Å². The van der Waals surface area contributed by atoms with Crippen molar-refractivity contribution in [3.05, 3.63) is 28.3 Å². The lowest BCUT2D eigenvalue weighted by Crippen LogP contribution is -2.51. The van der Waals surface area contributed by atoms with Gasteiger partial charge in [-0.15, -0.1) is 0 Å². The van der Waals surface area contributed by atoms with Gasteiger partial charge in [0.1, 0.15) is 0 Å². The number of piperidine rings is 1. The molecule has 1 saturated heterocycles.